The first-order valence-electron chi connectivity index (χ1n) is 13.9. The van der Waals surface area contributed by atoms with E-state index in [9.17, 15) is 35.7 Å². The zero-order chi connectivity index (χ0) is 31.0. The van der Waals surface area contributed by atoms with E-state index in [1.807, 2.05) is 0 Å². The fraction of sp³-hybridized carbons (Fsp3) is 1.00. The predicted octanol–water partition coefficient (Wildman–Crippen LogP) is -8.90. The van der Waals surface area contributed by atoms with Crippen LogP contribution in [0.5, 0.6) is 0 Å². The number of aliphatic hydroxyl groups is 7. The maximum absolute atomic E-state index is 11.1. The van der Waals surface area contributed by atoms with Gasteiger partial charge in [-0.1, -0.05) is 0 Å². The molecule has 1 unspecified atom stereocenters. The fourth-order valence-corrected chi connectivity index (χ4v) is 5.74. The van der Waals surface area contributed by atoms with Crippen molar-refractivity contribution in [3.05, 3.63) is 0 Å². The van der Waals surface area contributed by atoms with Gasteiger partial charge in [0.2, 0.25) is 0 Å². The standard InChI is InChI=1S/C23H46N6O13/c24-2-7-13(32)15(34)10(28)21(37-7)40-18-6(27)1-5(26)12(31)20(18)42-23-17(36)19(9(4-30)39-23)41-22-11(29)16(35)14(33)8(3-25)38-22/h5-23,30-36H,1-4,24-29H2/t5-,6+,7-,8+,9-,10-,11-,12+,13+,14+,15-,16-,17-,18-,19+,20+,21-,22?,23+/m1/s1. The summed E-state index contributed by atoms with van der Waals surface area (Å²) < 4.78 is 34.6. The SMILES string of the molecule is NC[C@@H]1OC(O[C@@H]2[C@@H](O)[C@H](O[C@H]3[C@@H](O)[C@H](N)C[C@H](N)[C@H]3O[C@H]3O[C@H](CN)[C@H](O)[C@H](O)[C@H]3N)O[C@@H]2CO)[C@H](N)[C@@H](O)[C@H]1O. The number of hydrogen-bond acceptors (Lipinski definition) is 19. The van der Waals surface area contributed by atoms with Crippen molar-refractivity contribution in [2.45, 2.75) is 123 Å². The van der Waals surface area contributed by atoms with Crippen LogP contribution >= 0.6 is 0 Å². The Morgan fingerprint density at radius 1 is 0.524 bits per heavy atom. The molecule has 3 aliphatic heterocycles. The molecule has 0 aromatic carbocycles. The molecule has 42 heavy (non-hydrogen) atoms. The number of ether oxygens (including phenoxy) is 6. The molecule has 3 saturated heterocycles. The average molecular weight is 615 g/mol. The Morgan fingerprint density at radius 3 is 1.45 bits per heavy atom. The van der Waals surface area contributed by atoms with Gasteiger partial charge in [-0.25, -0.2) is 0 Å². The minimum atomic E-state index is -1.60. The second-order valence-corrected chi connectivity index (χ2v) is 11.2. The van der Waals surface area contributed by atoms with Crippen molar-refractivity contribution >= 4 is 0 Å². The molecule has 1 aliphatic carbocycles. The molecule has 246 valence electrons. The minimum absolute atomic E-state index is 0.0889. The van der Waals surface area contributed by atoms with E-state index in [1.54, 1.807) is 0 Å². The van der Waals surface area contributed by atoms with E-state index in [0.29, 0.717) is 0 Å². The van der Waals surface area contributed by atoms with Gasteiger partial charge in [0.25, 0.3) is 0 Å². The third kappa shape index (κ3) is 6.60. The van der Waals surface area contributed by atoms with Crippen LogP contribution in [0.25, 0.3) is 0 Å². The zero-order valence-electron chi connectivity index (χ0n) is 22.8. The number of nitrogens with two attached hydrogens (primary N) is 6. The number of hydrogen-bond donors (Lipinski definition) is 13. The molecule has 3 heterocycles. The lowest BCUT2D eigenvalue weighted by molar-refractivity contribution is -0.306. The van der Waals surface area contributed by atoms with E-state index in [0.717, 1.165) is 0 Å². The van der Waals surface area contributed by atoms with Gasteiger partial charge in [0.05, 0.1) is 24.8 Å². The van der Waals surface area contributed by atoms with Crippen molar-refractivity contribution in [3.8, 4) is 0 Å². The highest BCUT2D eigenvalue weighted by atomic mass is 16.8. The molecule has 19 nitrogen and oxygen atoms in total. The topological polar surface area (TPSA) is 353 Å². The molecule has 4 rings (SSSR count). The van der Waals surface area contributed by atoms with Crippen LogP contribution in [-0.2, 0) is 28.4 Å². The molecule has 0 aromatic rings. The molecule has 0 bridgehead atoms. The van der Waals surface area contributed by atoms with Crippen LogP contribution in [0.2, 0.25) is 0 Å². The highest BCUT2D eigenvalue weighted by molar-refractivity contribution is 5.02. The van der Waals surface area contributed by atoms with Crippen LogP contribution < -0.4 is 34.4 Å². The Labute approximate surface area is 241 Å². The summed E-state index contributed by atoms with van der Waals surface area (Å²) in [5.41, 5.74) is 35.6. The fourth-order valence-electron chi connectivity index (χ4n) is 5.74. The van der Waals surface area contributed by atoms with Gasteiger partial charge in [0, 0.05) is 25.2 Å². The Kier molecular flexibility index (Phi) is 11.5. The van der Waals surface area contributed by atoms with Gasteiger partial charge in [0.1, 0.15) is 67.1 Å². The third-order valence-electron chi connectivity index (χ3n) is 8.37. The number of rotatable bonds is 9. The van der Waals surface area contributed by atoms with Gasteiger partial charge in [0.15, 0.2) is 18.9 Å². The van der Waals surface area contributed by atoms with Crippen molar-refractivity contribution in [1.82, 2.24) is 0 Å². The van der Waals surface area contributed by atoms with E-state index in [2.05, 4.69) is 0 Å². The molecule has 19 N–H and O–H groups in total. The molecule has 1 saturated carbocycles. The minimum Gasteiger partial charge on any atom is -0.394 e. The summed E-state index contributed by atoms with van der Waals surface area (Å²) in [6.07, 6.45) is -19.8. The largest absolute Gasteiger partial charge is 0.394 e. The Hall–Kier alpha value is -0.760. The van der Waals surface area contributed by atoms with E-state index in [4.69, 9.17) is 62.8 Å². The average Bonchev–Trinajstić information content (AvgIpc) is 3.27. The molecule has 19 heteroatoms. The molecule has 0 amide bonds. The van der Waals surface area contributed by atoms with E-state index >= 15 is 0 Å². The molecule has 4 aliphatic rings. The Bertz CT molecular complexity index is 868. The lowest BCUT2D eigenvalue weighted by Crippen LogP contribution is -2.68. The van der Waals surface area contributed by atoms with Gasteiger partial charge < -0.3 is 98.6 Å². The zero-order valence-corrected chi connectivity index (χ0v) is 22.8. The maximum atomic E-state index is 11.1. The van der Waals surface area contributed by atoms with E-state index in [1.165, 1.54) is 0 Å². The van der Waals surface area contributed by atoms with Crippen LogP contribution in [0, 0.1) is 0 Å². The normalized spacial score (nSPS) is 53.8. The first-order chi connectivity index (χ1) is 19.8. The van der Waals surface area contributed by atoms with Gasteiger partial charge in [-0.15, -0.1) is 0 Å². The van der Waals surface area contributed by atoms with E-state index in [-0.39, 0.29) is 19.5 Å². The van der Waals surface area contributed by atoms with Crippen molar-refractivity contribution in [3.63, 3.8) is 0 Å². The molecule has 0 radical (unpaired) electrons. The van der Waals surface area contributed by atoms with Crippen molar-refractivity contribution in [2.75, 3.05) is 19.7 Å². The third-order valence-corrected chi connectivity index (χ3v) is 8.37. The van der Waals surface area contributed by atoms with Crippen LogP contribution in [0.4, 0.5) is 0 Å². The number of aliphatic hydroxyl groups excluding tert-OH is 7. The summed E-state index contributed by atoms with van der Waals surface area (Å²) in [4.78, 5) is 0. The van der Waals surface area contributed by atoms with Crippen molar-refractivity contribution < 1.29 is 64.2 Å². The lowest BCUT2D eigenvalue weighted by atomic mass is 9.84. The molecular weight excluding hydrogens is 568 g/mol. The van der Waals surface area contributed by atoms with Gasteiger partial charge >= 0.3 is 0 Å². The second kappa shape index (κ2) is 14.1. The summed E-state index contributed by atoms with van der Waals surface area (Å²) in [6, 6.07) is -4.18. The van der Waals surface area contributed by atoms with Gasteiger partial charge in [-0.05, 0) is 6.42 Å². The van der Waals surface area contributed by atoms with Crippen molar-refractivity contribution in [1.29, 1.82) is 0 Å². The molecule has 19 atom stereocenters. The lowest BCUT2D eigenvalue weighted by Gasteiger charge is -2.47. The Balaban J connectivity index is 1.50. The van der Waals surface area contributed by atoms with Gasteiger partial charge in [-0.3, -0.25) is 0 Å². The summed E-state index contributed by atoms with van der Waals surface area (Å²) >= 11 is 0. The second-order valence-electron chi connectivity index (χ2n) is 11.2. The Morgan fingerprint density at radius 2 is 0.976 bits per heavy atom. The molecule has 4 fully saturated rings. The highest BCUT2D eigenvalue weighted by Crippen LogP contribution is 2.34. The monoisotopic (exact) mass is 614 g/mol. The first-order valence-corrected chi connectivity index (χ1v) is 13.9. The smallest absolute Gasteiger partial charge is 0.187 e. The predicted molar refractivity (Wildman–Crippen MR) is 138 cm³/mol. The molecular formula is C23H46N6O13. The van der Waals surface area contributed by atoms with Crippen LogP contribution in [0.3, 0.4) is 0 Å². The van der Waals surface area contributed by atoms with Crippen LogP contribution in [-0.4, -0.2) is 172 Å². The van der Waals surface area contributed by atoms with Crippen molar-refractivity contribution in [2.24, 2.45) is 34.4 Å². The maximum Gasteiger partial charge on any atom is 0.187 e. The molecule has 0 aromatic heterocycles. The molecule has 0 spiro atoms. The van der Waals surface area contributed by atoms with Crippen LogP contribution in [0.15, 0.2) is 0 Å². The summed E-state index contributed by atoms with van der Waals surface area (Å²) in [5, 5.41) is 73.0. The van der Waals surface area contributed by atoms with E-state index < -0.39 is 123 Å². The highest BCUT2D eigenvalue weighted by Gasteiger charge is 2.54. The summed E-state index contributed by atoms with van der Waals surface area (Å²) in [5.74, 6) is 0. The first kappa shape index (κ1) is 34.1. The summed E-state index contributed by atoms with van der Waals surface area (Å²) in [6.45, 7) is -0.967. The quantitative estimate of drug-likeness (QED) is 0.115. The van der Waals surface area contributed by atoms with Crippen LogP contribution in [0.1, 0.15) is 6.42 Å². The van der Waals surface area contributed by atoms with Gasteiger partial charge in [-0.2, -0.15) is 0 Å². The summed E-state index contributed by atoms with van der Waals surface area (Å²) in [7, 11) is 0.